The number of amides is 2. The number of rotatable bonds is 2. The van der Waals surface area contributed by atoms with Crippen LogP contribution in [0.25, 0.3) is 0 Å². The fraction of sp³-hybridized carbons (Fsp3) is 0.571. The normalized spacial score (nSPS) is 23.1. The van der Waals surface area contributed by atoms with Crippen molar-refractivity contribution in [3.8, 4) is 0 Å². The minimum Gasteiger partial charge on any atom is -0.459 e. The summed E-state index contributed by atoms with van der Waals surface area (Å²) in [5.41, 5.74) is 0. The Morgan fingerprint density at radius 3 is 2.55 bits per heavy atom. The van der Waals surface area contributed by atoms with E-state index in [9.17, 15) is 9.59 Å². The van der Waals surface area contributed by atoms with Gasteiger partial charge >= 0.3 is 0 Å². The Balaban J connectivity index is 1.54. The summed E-state index contributed by atoms with van der Waals surface area (Å²) in [6, 6.07) is 3.39. The standard InChI is InChI=1S/C14H18N2O3S/c17-13(11-3-1-9-19-11)15-5-7-16(8-6-15)14(18)12-4-2-10-20-12/h1,3,9,12H,2,4-8,10H2. The number of thioether (sulfide) groups is 1. The first-order chi connectivity index (χ1) is 9.75. The quantitative estimate of drug-likeness (QED) is 0.828. The molecule has 0 radical (unpaired) electrons. The number of hydrogen-bond donors (Lipinski definition) is 0. The average molecular weight is 294 g/mol. The van der Waals surface area contributed by atoms with Gasteiger partial charge in [-0.2, -0.15) is 0 Å². The first-order valence-corrected chi connectivity index (χ1v) is 8.04. The minimum atomic E-state index is -0.0858. The molecule has 3 rings (SSSR count). The average Bonchev–Trinajstić information content (AvgIpc) is 3.18. The van der Waals surface area contributed by atoms with E-state index in [4.69, 9.17) is 4.42 Å². The zero-order valence-electron chi connectivity index (χ0n) is 11.3. The molecule has 20 heavy (non-hydrogen) atoms. The third kappa shape index (κ3) is 2.70. The van der Waals surface area contributed by atoms with Gasteiger partial charge in [-0.1, -0.05) is 0 Å². The maximum atomic E-state index is 12.3. The molecule has 2 aliphatic heterocycles. The van der Waals surface area contributed by atoms with E-state index < -0.39 is 0 Å². The van der Waals surface area contributed by atoms with Crippen LogP contribution >= 0.6 is 11.8 Å². The number of piperazine rings is 1. The van der Waals surface area contributed by atoms with Gasteiger partial charge in [-0.05, 0) is 30.7 Å². The highest BCUT2D eigenvalue weighted by Crippen LogP contribution is 2.28. The predicted molar refractivity (Wildman–Crippen MR) is 76.7 cm³/mol. The van der Waals surface area contributed by atoms with E-state index in [-0.39, 0.29) is 17.1 Å². The molecule has 1 atom stereocenters. The van der Waals surface area contributed by atoms with Crippen LogP contribution in [-0.4, -0.2) is 58.8 Å². The molecular weight excluding hydrogens is 276 g/mol. The molecule has 2 amide bonds. The molecule has 108 valence electrons. The Kier molecular flexibility index (Phi) is 4.00. The zero-order chi connectivity index (χ0) is 13.9. The lowest BCUT2D eigenvalue weighted by Gasteiger charge is -2.35. The fourth-order valence-electron chi connectivity index (χ4n) is 2.66. The number of carbonyl (C=O) groups is 2. The Morgan fingerprint density at radius 1 is 1.20 bits per heavy atom. The van der Waals surface area contributed by atoms with Crippen LogP contribution in [0.15, 0.2) is 22.8 Å². The van der Waals surface area contributed by atoms with E-state index in [0.29, 0.717) is 31.9 Å². The summed E-state index contributed by atoms with van der Waals surface area (Å²) >= 11 is 1.76. The first-order valence-electron chi connectivity index (χ1n) is 6.99. The van der Waals surface area contributed by atoms with E-state index in [2.05, 4.69) is 0 Å². The van der Waals surface area contributed by atoms with Crippen LogP contribution in [0, 0.1) is 0 Å². The van der Waals surface area contributed by atoms with Gasteiger partial charge in [-0.3, -0.25) is 9.59 Å². The molecule has 0 aliphatic carbocycles. The third-order valence-corrected chi connectivity index (χ3v) is 5.18. The Morgan fingerprint density at radius 2 is 1.95 bits per heavy atom. The van der Waals surface area contributed by atoms with Crippen molar-refractivity contribution in [3.05, 3.63) is 24.2 Å². The minimum absolute atomic E-state index is 0.0858. The van der Waals surface area contributed by atoms with Gasteiger partial charge in [0.15, 0.2) is 5.76 Å². The number of hydrogen-bond acceptors (Lipinski definition) is 4. The summed E-state index contributed by atoms with van der Waals surface area (Å²) in [4.78, 5) is 28.1. The van der Waals surface area contributed by atoms with Gasteiger partial charge in [0.25, 0.3) is 5.91 Å². The van der Waals surface area contributed by atoms with Crippen molar-refractivity contribution in [2.75, 3.05) is 31.9 Å². The molecular formula is C14H18N2O3S. The van der Waals surface area contributed by atoms with E-state index in [0.717, 1.165) is 18.6 Å². The number of carbonyl (C=O) groups excluding carboxylic acids is 2. The van der Waals surface area contributed by atoms with Crippen LogP contribution in [-0.2, 0) is 4.79 Å². The maximum absolute atomic E-state index is 12.3. The predicted octanol–water partition coefficient (Wildman–Crippen LogP) is 1.46. The molecule has 1 aromatic rings. The van der Waals surface area contributed by atoms with Crippen LogP contribution in [0.2, 0.25) is 0 Å². The number of furan rings is 1. The van der Waals surface area contributed by atoms with Gasteiger partial charge in [0, 0.05) is 26.2 Å². The SMILES string of the molecule is O=C(c1ccco1)N1CCN(C(=O)C2CCCS2)CC1. The van der Waals surface area contributed by atoms with Crippen LogP contribution < -0.4 is 0 Å². The van der Waals surface area contributed by atoms with Crippen molar-refractivity contribution in [2.45, 2.75) is 18.1 Å². The van der Waals surface area contributed by atoms with Crippen molar-refractivity contribution in [2.24, 2.45) is 0 Å². The lowest BCUT2D eigenvalue weighted by molar-refractivity contribution is -0.132. The second-order valence-corrected chi connectivity index (χ2v) is 6.41. The van der Waals surface area contributed by atoms with Gasteiger partial charge in [-0.25, -0.2) is 0 Å². The van der Waals surface area contributed by atoms with Crippen molar-refractivity contribution in [1.29, 1.82) is 0 Å². The van der Waals surface area contributed by atoms with E-state index >= 15 is 0 Å². The van der Waals surface area contributed by atoms with E-state index in [1.165, 1.54) is 6.26 Å². The summed E-state index contributed by atoms with van der Waals surface area (Å²) in [5, 5.41) is 0.141. The lowest BCUT2D eigenvalue weighted by Crippen LogP contribution is -2.52. The monoisotopic (exact) mass is 294 g/mol. The molecule has 2 fully saturated rings. The van der Waals surface area contributed by atoms with E-state index in [1.54, 1.807) is 28.8 Å². The highest BCUT2D eigenvalue weighted by atomic mass is 32.2. The van der Waals surface area contributed by atoms with Crippen LogP contribution in [0.5, 0.6) is 0 Å². The molecule has 1 unspecified atom stereocenters. The molecule has 5 nitrogen and oxygen atoms in total. The second kappa shape index (κ2) is 5.91. The highest BCUT2D eigenvalue weighted by molar-refractivity contribution is 8.00. The Labute approximate surface area is 122 Å². The lowest BCUT2D eigenvalue weighted by atomic mass is 10.2. The molecule has 2 aliphatic rings. The summed E-state index contributed by atoms with van der Waals surface area (Å²) in [5.74, 6) is 1.62. The van der Waals surface area contributed by atoms with Crippen LogP contribution in [0.3, 0.4) is 0 Å². The highest BCUT2D eigenvalue weighted by Gasteiger charge is 2.31. The van der Waals surface area contributed by atoms with Crippen LogP contribution in [0.4, 0.5) is 0 Å². The third-order valence-electron chi connectivity index (χ3n) is 3.82. The van der Waals surface area contributed by atoms with Gasteiger partial charge in [0.1, 0.15) is 0 Å². The Bertz CT molecular complexity index is 475. The van der Waals surface area contributed by atoms with Gasteiger partial charge in [0.2, 0.25) is 5.91 Å². The summed E-state index contributed by atoms with van der Waals surface area (Å²) in [7, 11) is 0. The molecule has 0 spiro atoms. The van der Waals surface area contributed by atoms with Gasteiger partial charge in [-0.15, -0.1) is 11.8 Å². The molecule has 0 bridgehead atoms. The molecule has 2 saturated heterocycles. The summed E-state index contributed by atoms with van der Waals surface area (Å²) in [6.45, 7) is 2.43. The second-order valence-electron chi connectivity index (χ2n) is 5.10. The largest absolute Gasteiger partial charge is 0.459 e. The molecule has 3 heterocycles. The zero-order valence-corrected chi connectivity index (χ0v) is 12.1. The molecule has 1 aromatic heterocycles. The van der Waals surface area contributed by atoms with Crippen LogP contribution in [0.1, 0.15) is 23.4 Å². The summed E-state index contributed by atoms with van der Waals surface area (Å²) < 4.78 is 5.13. The van der Waals surface area contributed by atoms with E-state index in [1.807, 2.05) is 4.90 Å². The van der Waals surface area contributed by atoms with Crippen molar-refractivity contribution >= 4 is 23.6 Å². The maximum Gasteiger partial charge on any atom is 0.289 e. The van der Waals surface area contributed by atoms with Crippen molar-refractivity contribution in [3.63, 3.8) is 0 Å². The molecule has 0 saturated carbocycles. The van der Waals surface area contributed by atoms with Crippen molar-refractivity contribution in [1.82, 2.24) is 9.80 Å². The first kappa shape index (κ1) is 13.5. The molecule has 6 heteroatoms. The van der Waals surface area contributed by atoms with Gasteiger partial charge in [0.05, 0.1) is 11.5 Å². The molecule has 0 N–H and O–H groups in total. The smallest absolute Gasteiger partial charge is 0.289 e. The van der Waals surface area contributed by atoms with Gasteiger partial charge < -0.3 is 14.2 Å². The fourth-order valence-corrected chi connectivity index (χ4v) is 3.90. The number of nitrogens with zero attached hydrogens (tertiary/aromatic N) is 2. The Hall–Kier alpha value is -1.43. The van der Waals surface area contributed by atoms with Crippen molar-refractivity contribution < 1.29 is 14.0 Å². The summed E-state index contributed by atoms with van der Waals surface area (Å²) in [6.07, 6.45) is 3.64. The molecule has 0 aromatic carbocycles. The topological polar surface area (TPSA) is 53.8 Å².